The first-order valence-corrected chi connectivity index (χ1v) is 7.51. The van der Waals surface area contributed by atoms with Crippen molar-refractivity contribution in [3.05, 3.63) is 72.3 Å². The quantitative estimate of drug-likeness (QED) is 0.722. The van der Waals surface area contributed by atoms with Crippen molar-refractivity contribution in [2.45, 2.75) is 6.61 Å². The summed E-state index contributed by atoms with van der Waals surface area (Å²) in [4.78, 5) is 4.15. The summed E-state index contributed by atoms with van der Waals surface area (Å²) in [5.41, 5.74) is 1.97. The van der Waals surface area contributed by atoms with Crippen molar-refractivity contribution >= 4 is 0 Å². The lowest BCUT2D eigenvalue weighted by molar-refractivity contribution is 0.174. The molecule has 0 unspecified atom stereocenters. The first-order valence-electron chi connectivity index (χ1n) is 7.51. The van der Waals surface area contributed by atoms with Gasteiger partial charge in [-0.05, 0) is 23.8 Å². The molecule has 0 fully saturated rings. The van der Waals surface area contributed by atoms with Crippen LogP contribution in [0.2, 0.25) is 0 Å². The minimum atomic E-state index is -0.388. The molecule has 1 aliphatic heterocycles. The maximum absolute atomic E-state index is 14.3. The molecule has 2 heterocycles. The van der Waals surface area contributed by atoms with Crippen molar-refractivity contribution in [2.75, 3.05) is 6.79 Å². The Balaban J connectivity index is 1.63. The van der Waals surface area contributed by atoms with E-state index in [0.29, 0.717) is 35.0 Å². The van der Waals surface area contributed by atoms with E-state index in [4.69, 9.17) is 14.2 Å². The lowest BCUT2D eigenvalue weighted by Gasteiger charge is -2.10. The minimum absolute atomic E-state index is 0.0867. The zero-order chi connectivity index (χ0) is 16.4. The van der Waals surface area contributed by atoms with Crippen LogP contribution in [0.4, 0.5) is 4.39 Å². The van der Waals surface area contributed by atoms with Crippen LogP contribution in [0, 0.1) is 5.82 Å². The molecular formula is C19H14FNO3. The van der Waals surface area contributed by atoms with Crippen molar-refractivity contribution in [2.24, 2.45) is 0 Å². The van der Waals surface area contributed by atoms with Gasteiger partial charge in [-0.3, -0.25) is 4.98 Å². The number of ether oxygens (including phenoxy) is 3. The Kier molecular flexibility index (Phi) is 3.75. The third kappa shape index (κ3) is 2.76. The van der Waals surface area contributed by atoms with Gasteiger partial charge in [0.2, 0.25) is 6.79 Å². The van der Waals surface area contributed by atoms with Crippen LogP contribution >= 0.6 is 0 Å². The van der Waals surface area contributed by atoms with E-state index in [1.165, 1.54) is 6.07 Å². The second-order valence-corrected chi connectivity index (χ2v) is 5.34. The average molecular weight is 323 g/mol. The van der Waals surface area contributed by atoms with E-state index in [0.717, 1.165) is 5.56 Å². The third-order valence-electron chi connectivity index (χ3n) is 3.74. The van der Waals surface area contributed by atoms with Crippen LogP contribution in [0.5, 0.6) is 17.2 Å². The molecule has 1 aromatic heterocycles. The molecule has 0 saturated carbocycles. The molecule has 4 nitrogen and oxygen atoms in total. The molecule has 0 saturated heterocycles. The number of halogens is 1. The zero-order valence-electron chi connectivity index (χ0n) is 12.7. The van der Waals surface area contributed by atoms with Gasteiger partial charge >= 0.3 is 0 Å². The zero-order valence-corrected chi connectivity index (χ0v) is 12.7. The molecule has 1 aliphatic rings. The van der Waals surface area contributed by atoms with Crippen molar-refractivity contribution in [1.29, 1.82) is 0 Å². The summed E-state index contributed by atoms with van der Waals surface area (Å²) in [5, 5.41) is 0. The number of nitrogens with zero attached hydrogens (tertiary/aromatic N) is 1. The van der Waals surface area contributed by atoms with E-state index in [1.54, 1.807) is 24.5 Å². The van der Waals surface area contributed by atoms with Gasteiger partial charge in [0.05, 0.1) is 11.8 Å². The number of pyridine rings is 1. The second-order valence-electron chi connectivity index (χ2n) is 5.34. The first-order chi connectivity index (χ1) is 11.8. The summed E-state index contributed by atoms with van der Waals surface area (Å²) in [6.45, 7) is 0.504. The van der Waals surface area contributed by atoms with Crippen molar-refractivity contribution in [1.82, 2.24) is 4.98 Å². The van der Waals surface area contributed by atoms with Crippen molar-refractivity contribution in [3.8, 4) is 28.4 Å². The van der Waals surface area contributed by atoms with Gasteiger partial charge in [-0.2, -0.15) is 0 Å². The van der Waals surface area contributed by atoms with Gasteiger partial charge in [0, 0.05) is 11.8 Å². The topological polar surface area (TPSA) is 40.6 Å². The van der Waals surface area contributed by atoms with Crippen LogP contribution in [0.3, 0.4) is 0 Å². The third-order valence-corrected chi connectivity index (χ3v) is 3.74. The number of rotatable bonds is 4. The second kappa shape index (κ2) is 6.20. The number of benzene rings is 2. The predicted octanol–water partition coefficient (Wildman–Crippen LogP) is 4.20. The Morgan fingerprint density at radius 2 is 1.92 bits per heavy atom. The standard InChI is InChI=1S/C19H14FNO3/c20-16-6-7-17-19(24-12-23-17)18(16)14-8-15(10-21-9-14)22-11-13-4-2-1-3-5-13/h1-10H,11-12H2. The number of hydrogen-bond acceptors (Lipinski definition) is 4. The highest BCUT2D eigenvalue weighted by atomic mass is 19.1. The molecule has 4 rings (SSSR count). The monoisotopic (exact) mass is 323 g/mol. The molecule has 0 aliphatic carbocycles. The summed E-state index contributed by atoms with van der Waals surface area (Å²) < 4.78 is 30.8. The fraction of sp³-hybridized carbons (Fsp3) is 0.105. The Labute approximate surface area is 138 Å². The SMILES string of the molecule is Fc1ccc2c(c1-c1cncc(OCc3ccccc3)c1)OCO2. The minimum Gasteiger partial charge on any atom is -0.487 e. The molecule has 2 aromatic carbocycles. The predicted molar refractivity (Wildman–Crippen MR) is 86.5 cm³/mol. The average Bonchev–Trinajstić information content (AvgIpc) is 3.09. The van der Waals surface area contributed by atoms with Crippen LogP contribution in [-0.2, 0) is 6.61 Å². The maximum Gasteiger partial charge on any atom is 0.231 e. The molecule has 24 heavy (non-hydrogen) atoms. The van der Waals surface area contributed by atoms with E-state index in [2.05, 4.69) is 4.98 Å². The van der Waals surface area contributed by atoms with Gasteiger partial charge in [0.25, 0.3) is 0 Å². The van der Waals surface area contributed by atoms with Crippen LogP contribution < -0.4 is 14.2 Å². The summed E-state index contributed by atoms with van der Waals surface area (Å²) in [6, 6.07) is 14.5. The van der Waals surface area contributed by atoms with Gasteiger partial charge in [0.1, 0.15) is 18.2 Å². The highest BCUT2D eigenvalue weighted by Crippen LogP contribution is 2.43. The fourth-order valence-corrected chi connectivity index (χ4v) is 2.59. The highest BCUT2D eigenvalue weighted by molar-refractivity contribution is 5.75. The molecule has 0 bridgehead atoms. The van der Waals surface area contributed by atoms with Gasteiger partial charge in [-0.1, -0.05) is 30.3 Å². The lowest BCUT2D eigenvalue weighted by atomic mass is 10.1. The molecular weight excluding hydrogens is 309 g/mol. The molecule has 3 aromatic rings. The highest BCUT2D eigenvalue weighted by Gasteiger charge is 2.22. The molecule has 0 N–H and O–H groups in total. The van der Waals surface area contributed by atoms with Gasteiger partial charge in [0.15, 0.2) is 11.5 Å². The number of fused-ring (bicyclic) bond motifs is 1. The largest absolute Gasteiger partial charge is 0.487 e. The molecule has 0 amide bonds. The van der Waals surface area contributed by atoms with Crippen LogP contribution in [0.1, 0.15) is 5.56 Å². The lowest BCUT2D eigenvalue weighted by Crippen LogP contribution is -1.97. The fourth-order valence-electron chi connectivity index (χ4n) is 2.59. The Hall–Kier alpha value is -3.08. The van der Waals surface area contributed by atoms with Crippen LogP contribution in [0.15, 0.2) is 60.9 Å². The Morgan fingerprint density at radius 1 is 1.04 bits per heavy atom. The Morgan fingerprint density at radius 3 is 2.79 bits per heavy atom. The number of hydrogen-bond donors (Lipinski definition) is 0. The molecule has 0 atom stereocenters. The van der Waals surface area contributed by atoms with E-state index in [9.17, 15) is 4.39 Å². The normalized spacial score (nSPS) is 12.2. The van der Waals surface area contributed by atoms with Crippen LogP contribution in [0.25, 0.3) is 11.1 Å². The molecule has 0 spiro atoms. The maximum atomic E-state index is 14.3. The van der Waals surface area contributed by atoms with E-state index in [-0.39, 0.29) is 12.6 Å². The van der Waals surface area contributed by atoms with Gasteiger partial charge in [-0.25, -0.2) is 4.39 Å². The van der Waals surface area contributed by atoms with E-state index < -0.39 is 0 Å². The van der Waals surface area contributed by atoms with E-state index in [1.807, 2.05) is 30.3 Å². The van der Waals surface area contributed by atoms with E-state index >= 15 is 0 Å². The summed E-state index contributed by atoms with van der Waals surface area (Å²) in [5.74, 6) is 1.10. The Bertz CT molecular complexity index is 868. The smallest absolute Gasteiger partial charge is 0.231 e. The molecule has 120 valence electrons. The summed E-state index contributed by atoms with van der Waals surface area (Å²) in [6.07, 6.45) is 3.18. The summed E-state index contributed by atoms with van der Waals surface area (Å²) in [7, 11) is 0. The van der Waals surface area contributed by atoms with Crippen molar-refractivity contribution < 1.29 is 18.6 Å². The van der Waals surface area contributed by atoms with Crippen LogP contribution in [-0.4, -0.2) is 11.8 Å². The van der Waals surface area contributed by atoms with Crippen molar-refractivity contribution in [3.63, 3.8) is 0 Å². The molecule has 5 heteroatoms. The van der Waals surface area contributed by atoms with Gasteiger partial charge in [-0.15, -0.1) is 0 Å². The first kappa shape index (κ1) is 14.5. The van der Waals surface area contributed by atoms with Gasteiger partial charge < -0.3 is 14.2 Å². The summed E-state index contributed by atoms with van der Waals surface area (Å²) >= 11 is 0. The molecule has 0 radical (unpaired) electrons. The number of aromatic nitrogens is 1.